The number of aromatic nitrogens is 2. The van der Waals surface area contributed by atoms with E-state index in [4.69, 9.17) is 0 Å². The standard InChI is InChI=1S/C13H23N3OS/c1-3-7-16-13(2,11-17)6-4-10-18-12-14-8-5-9-15-12/h5,8-9,16-17H,3-4,6-7,10-11H2,1-2H3. The van der Waals surface area contributed by atoms with Gasteiger partial charge in [-0.1, -0.05) is 18.7 Å². The van der Waals surface area contributed by atoms with Crippen LogP contribution in [0.5, 0.6) is 0 Å². The van der Waals surface area contributed by atoms with Crippen LogP contribution >= 0.6 is 11.8 Å². The maximum atomic E-state index is 9.43. The summed E-state index contributed by atoms with van der Waals surface area (Å²) in [4.78, 5) is 8.34. The summed E-state index contributed by atoms with van der Waals surface area (Å²) in [5.41, 5.74) is -0.159. The summed E-state index contributed by atoms with van der Waals surface area (Å²) in [6.07, 6.45) is 6.61. The fourth-order valence-corrected chi connectivity index (χ4v) is 2.38. The molecular formula is C13H23N3OS. The van der Waals surface area contributed by atoms with Crippen molar-refractivity contribution in [1.29, 1.82) is 0 Å². The van der Waals surface area contributed by atoms with Crippen molar-refractivity contribution in [3.63, 3.8) is 0 Å². The number of aliphatic hydroxyl groups excluding tert-OH is 1. The van der Waals surface area contributed by atoms with E-state index in [9.17, 15) is 5.11 Å². The highest BCUT2D eigenvalue weighted by molar-refractivity contribution is 7.99. The highest BCUT2D eigenvalue weighted by atomic mass is 32.2. The van der Waals surface area contributed by atoms with Crippen LogP contribution in [0.4, 0.5) is 0 Å². The minimum Gasteiger partial charge on any atom is -0.394 e. The van der Waals surface area contributed by atoms with Crippen LogP contribution in [0.3, 0.4) is 0 Å². The molecule has 0 amide bonds. The zero-order chi connectivity index (χ0) is 13.3. The first-order valence-electron chi connectivity index (χ1n) is 6.46. The van der Waals surface area contributed by atoms with Crippen LogP contribution in [0.2, 0.25) is 0 Å². The minimum absolute atomic E-state index is 0.159. The predicted molar refractivity (Wildman–Crippen MR) is 75.8 cm³/mol. The van der Waals surface area contributed by atoms with Crippen LogP contribution in [-0.2, 0) is 0 Å². The Balaban J connectivity index is 2.23. The molecule has 0 aliphatic carbocycles. The van der Waals surface area contributed by atoms with Gasteiger partial charge >= 0.3 is 0 Å². The second kappa shape index (κ2) is 8.45. The number of nitrogens with one attached hydrogen (secondary N) is 1. The molecule has 0 aromatic carbocycles. The van der Waals surface area contributed by atoms with E-state index < -0.39 is 0 Å². The molecule has 1 aromatic heterocycles. The monoisotopic (exact) mass is 269 g/mol. The Bertz CT molecular complexity index is 323. The third-order valence-electron chi connectivity index (χ3n) is 2.80. The number of thioether (sulfide) groups is 1. The Morgan fingerprint density at radius 3 is 2.72 bits per heavy atom. The summed E-state index contributed by atoms with van der Waals surface area (Å²) in [6, 6.07) is 1.82. The predicted octanol–water partition coefficient (Wildman–Crippen LogP) is 2.10. The molecule has 0 aliphatic heterocycles. The van der Waals surface area contributed by atoms with E-state index in [2.05, 4.69) is 29.1 Å². The van der Waals surface area contributed by atoms with E-state index in [1.165, 1.54) is 0 Å². The van der Waals surface area contributed by atoms with Crippen molar-refractivity contribution in [3.05, 3.63) is 18.5 Å². The molecule has 2 N–H and O–H groups in total. The minimum atomic E-state index is -0.159. The molecule has 1 heterocycles. The van der Waals surface area contributed by atoms with Gasteiger partial charge in [0.1, 0.15) is 0 Å². The maximum absolute atomic E-state index is 9.43. The highest BCUT2D eigenvalue weighted by Crippen LogP contribution is 2.17. The summed E-state index contributed by atoms with van der Waals surface area (Å²) >= 11 is 1.66. The molecule has 0 saturated carbocycles. The molecule has 5 heteroatoms. The van der Waals surface area contributed by atoms with Gasteiger partial charge in [-0.2, -0.15) is 0 Å². The molecule has 1 atom stereocenters. The van der Waals surface area contributed by atoms with Crippen LogP contribution in [0, 0.1) is 0 Å². The largest absolute Gasteiger partial charge is 0.394 e. The zero-order valence-electron chi connectivity index (χ0n) is 11.2. The quantitative estimate of drug-likeness (QED) is 0.408. The third kappa shape index (κ3) is 5.80. The Labute approximate surface area is 114 Å². The molecular weight excluding hydrogens is 246 g/mol. The van der Waals surface area contributed by atoms with Crippen LogP contribution < -0.4 is 5.32 Å². The van der Waals surface area contributed by atoms with Crippen LogP contribution in [0.1, 0.15) is 33.1 Å². The average Bonchev–Trinajstić information content (AvgIpc) is 2.43. The number of hydrogen-bond acceptors (Lipinski definition) is 5. The van der Waals surface area contributed by atoms with Crippen molar-refractivity contribution in [3.8, 4) is 0 Å². The molecule has 0 spiro atoms. The average molecular weight is 269 g/mol. The Kier molecular flexibility index (Phi) is 7.23. The van der Waals surface area contributed by atoms with Crippen LogP contribution in [0.15, 0.2) is 23.6 Å². The smallest absolute Gasteiger partial charge is 0.187 e. The summed E-state index contributed by atoms with van der Waals surface area (Å²) < 4.78 is 0. The van der Waals surface area contributed by atoms with Crippen LogP contribution in [0.25, 0.3) is 0 Å². The Morgan fingerprint density at radius 2 is 2.11 bits per heavy atom. The van der Waals surface area contributed by atoms with Gasteiger partial charge in [-0.3, -0.25) is 0 Å². The second-order valence-corrected chi connectivity index (χ2v) is 5.69. The summed E-state index contributed by atoms with van der Waals surface area (Å²) in [6.45, 7) is 5.34. The lowest BCUT2D eigenvalue weighted by atomic mass is 9.97. The summed E-state index contributed by atoms with van der Waals surface area (Å²) in [5, 5.41) is 13.7. The van der Waals surface area contributed by atoms with E-state index >= 15 is 0 Å². The van der Waals surface area contributed by atoms with Crippen molar-refractivity contribution in [2.45, 2.75) is 43.8 Å². The molecule has 18 heavy (non-hydrogen) atoms. The molecule has 0 saturated heterocycles. The Hall–Kier alpha value is -0.650. The molecule has 0 bridgehead atoms. The zero-order valence-corrected chi connectivity index (χ0v) is 12.0. The van der Waals surface area contributed by atoms with Gasteiger partial charge < -0.3 is 10.4 Å². The van der Waals surface area contributed by atoms with Gasteiger partial charge in [0.2, 0.25) is 0 Å². The van der Waals surface area contributed by atoms with Gasteiger partial charge in [-0.05, 0) is 38.8 Å². The lowest BCUT2D eigenvalue weighted by Gasteiger charge is -2.28. The van der Waals surface area contributed by atoms with Crippen molar-refractivity contribution in [2.24, 2.45) is 0 Å². The van der Waals surface area contributed by atoms with Gasteiger partial charge in [0, 0.05) is 23.7 Å². The van der Waals surface area contributed by atoms with E-state index in [-0.39, 0.29) is 12.1 Å². The van der Waals surface area contributed by atoms with Crippen LogP contribution in [-0.4, -0.2) is 39.5 Å². The normalized spacial score (nSPS) is 14.4. The summed E-state index contributed by atoms with van der Waals surface area (Å²) in [5.74, 6) is 0.980. The van der Waals surface area contributed by atoms with Gasteiger partial charge in [-0.15, -0.1) is 0 Å². The first-order valence-corrected chi connectivity index (χ1v) is 7.44. The fraction of sp³-hybridized carbons (Fsp3) is 0.692. The van der Waals surface area contributed by atoms with Gasteiger partial charge in [0.15, 0.2) is 5.16 Å². The van der Waals surface area contributed by atoms with Crippen molar-refractivity contribution in [1.82, 2.24) is 15.3 Å². The molecule has 0 fully saturated rings. The molecule has 0 radical (unpaired) electrons. The van der Waals surface area contributed by atoms with Crippen molar-refractivity contribution < 1.29 is 5.11 Å². The SMILES string of the molecule is CCCNC(C)(CO)CCCSc1ncccn1. The van der Waals surface area contributed by atoms with E-state index in [0.717, 1.165) is 36.7 Å². The molecule has 1 aromatic rings. The summed E-state index contributed by atoms with van der Waals surface area (Å²) in [7, 11) is 0. The number of hydrogen-bond donors (Lipinski definition) is 2. The highest BCUT2D eigenvalue weighted by Gasteiger charge is 2.21. The lowest BCUT2D eigenvalue weighted by molar-refractivity contribution is 0.165. The maximum Gasteiger partial charge on any atom is 0.187 e. The van der Waals surface area contributed by atoms with E-state index in [0.29, 0.717) is 0 Å². The number of aliphatic hydroxyl groups is 1. The van der Waals surface area contributed by atoms with Crippen molar-refractivity contribution >= 4 is 11.8 Å². The van der Waals surface area contributed by atoms with Crippen molar-refractivity contribution in [2.75, 3.05) is 18.9 Å². The van der Waals surface area contributed by atoms with E-state index in [1.54, 1.807) is 24.2 Å². The first-order chi connectivity index (χ1) is 8.70. The second-order valence-electron chi connectivity index (χ2n) is 4.63. The third-order valence-corrected chi connectivity index (χ3v) is 3.76. The molecule has 1 unspecified atom stereocenters. The molecule has 1 rings (SSSR count). The molecule has 102 valence electrons. The molecule has 0 aliphatic rings. The topological polar surface area (TPSA) is 58.0 Å². The van der Waals surface area contributed by atoms with Gasteiger partial charge in [-0.25, -0.2) is 9.97 Å². The molecule has 4 nitrogen and oxygen atoms in total. The van der Waals surface area contributed by atoms with Gasteiger partial charge in [0.05, 0.1) is 6.61 Å². The fourth-order valence-electron chi connectivity index (χ4n) is 1.64. The number of rotatable bonds is 9. The Morgan fingerprint density at radius 1 is 1.39 bits per heavy atom. The van der Waals surface area contributed by atoms with E-state index in [1.807, 2.05) is 6.07 Å². The number of nitrogens with zero attached hydrogens (tertiary/aromatic N) is 2. The first kappa shape index (κ1) is 15.4. The lowest BCUT2D eigenvalue weighted by Crippen LogP contribution is -2.46. The van der Waals surface area contributed by atoms with Gasteiger partial charge in [0.25, 0.3) is 0 Å².